The largest absolute Gasteiger partial charge is 0.302 e. The quantitative estimate of drug-likeness (QED) is 0.388. The van der Waals surface area contributed by atoms with Crippen LogP contribution in [0.3, 0.4) is 0 Å². The van der Waals surface area contributed by atoms with Gasteiger partial charge in [-0.25, -0.2) is 4.98 Å². The van der Waals surface area contributed by atoms with Gasteiger partial charge in [0.05, 0.1) is 21.4 Å². The first kappa shape index (κ1) is 16.9. The molecule has 0 spiro atoms. The average Bonchev–Trinajstić information content (AvgIpc) is 2.97. The molecule has 0 aliphatic heterocycles. The first-order chi connectivity index (χ1) is 11.9. The molecule has 0 bridgehead atoms. The number of fused-ring (bicyclic) bond motifs is 1. The van der Waals surface area contributed by atoms with Crippen LogP contribution in [0.15, 0.2) is 24.3 Å². The lowest BCUT2D eigenvalue weighted by atomic mass is 9.84. The Morgan fingerprint density at radius 3 is 2.84 bits per heavy atom. The lowest BCUT2D eigenvalue weighted by Crippen LogP contribution is -2.28. The second-order valence-electron chi connectivity index (χ2n) is 5.60. The van der Waals surface area contributed by atoms with E-state index in [2.05, 4.69) is 10.3 Å². The van der Waals surface area contributed by atoms with Crippen LogP contribution < -0.4 is 5.32 Å². The number of hydrogen-bond acceptors (Lipinski definition) is 7. The van der Waals surface area contributed by atoms with Gasteiger partial charge >= 0.3 is 0 Å². The van der Waals surface area contributed by atoms with Crippen molar-refractivity contribution in [1.82, 2.24) is 4.98 Å². The molecule has 0 saturated heterocycles. The monoisotopic (exact) mass is 359 g/mol. The molecule has 1 aliphatic rings. The highest BCUT2D eigenvalue weighted by Crippen LogP contribution is 2.34. The van der Waals surface area contributed by atoms with Gasteiger partial charge in [-0.1, -0.05) is 23.5 Å². The third-order valence-electron chi connectivity index (χ3n) is 3.85. The molecule has 0 saturated carbocycles. The van der Waals surface area contributed by atoms with Crippen LogP contribution in [-0.2, 0) is 11.2 Å². The topological polar surface area (TPSA) is 119 Å². The summed E-state index contributed by atoms with van der Waals surface area (Å²) in [4.78, 5) is 51.3. The van der Waals surface area contributed by atoms with Crippen LogP contribution in [-0.4, -0.2) is 27.4 Å². The number of benzene rings is 1. The maximum absolute atomic E-state index is 12.7. The van der Waals surface area contributed by atoms with Crippen LogP contribution >= 0.6 is 11.3 Å². The van der Waals surface area contributed by atoms with Gasteiger partial charge in [-0.05, 0) is 12.8 Å². The number of Topliss-reactive ketones (excluding diaryl/α,β-unsaturated/α-hetero) is 2. The number of carbonyl (C=O) groups excluding carboxylic acids is 3. The van der Waals surface area contributed by atoms with Crippen LogP contribution in [0.4, 0.5) is 10.8 Å². The zero-order valence-corrected chi connectivity index (χ0v) is 14.0. The summed E-state index contributed by atoms with van der Waals surface area (Å²) >= 11 is 1.04. The summed E-state index contributed by atoms with van der Waals surface area (Å²) in [6, 6.07) is 5.36. The van der Waals surface area contributed by atoms with Gasteiger partial charge in [0.1, 0.15) is 0 Å². The molecule has 1 aromatic heterocycles. The molecule has 8 nitrogen and oxygen atoms in total. The Morgan fingerprint density at radius 2 is 2.16 bits per heavy atom. The lowest BCUT2D eigenvalue weighted by molar-refractivity contribution is -0.384. The third-order valence-corrected chi connectivity index (χ3v) is 4.88. The Balaban J connectivity index is 1.87. The van der Waals surface area contributed by atoms with Gasteiger partial charge in [0.25, 0.3) is 5.69 Å². The zero-order valence-electron chi connectivity index (χ0n) is 13.1. The van der Waals surface area contributed by atoms with Crippen molar-refractivity contribution < 1.29 is 19.3 Å². The number of ketones is 2. The minimum Gasteiger partial charge on any atom is -0.302 e. The van der Waals surface area contributed by atoms with E-state index in [1.165, 1.54) is 31.2 Å². The van der Waals surface area contributed by atoms with E-state index < -0.39 is 16.6 Å². The van der Waals surface area contributed by atoms with Crippen LogP contribution in [0, 0.1) is 16.0 Å². The molecule has 0 fully saturated rings. The van der Waals surface area contributed by atoms with E-state index >= 15 is 0 Å². The number of aromatic nitrogens is 1. The van der Waals surface area contributed by atoms with Gasteiger partial charge in [-0.2, -0.15) is 0 Å². The van der Waals surface area contributed by atoms with Crippen molar-refractivity contribution in [2.24, 2.45) is 5.92 Å². The fourth-order valence-electron chi connectivity index (χ4n) is 2.71. The summed E-state index contributed by atoms with van der Waals surface area (Å²) in [5.41, 5.74) is 0.518. The highest BCUT2D eigenvalue weighted by atomic mass is 32.1. The van der Waals surface area contributed by atoms with E-state index in [9.17, 15) is 24.5 Å². The molecule has 1 N–H and O–H groups in total. The van der Waals surface area contributed by atoms with E-state index in [0.717, 1.165) is 11.3 Å². The number of nitrogens with one attached hydrogen (secondary N) is 1. The van der Waals surface area contributed by atoms with Crippen molar-refractivity contribution in [1.29, 1.82) is 0 Å². The summed E-state index contributed by atoms with van der Waals surface area (Å²) in [6.45, 7) is 1.34. The Labute approximate surface area is 146 Å². The summed E-state index contributed by atoms with van der Waals surface area (Å²) in [5.74, 6) is -1.97. The van der Waals surface area contributed by atoms with Gasteiger partial charge < -0.3 is 5.32 Å². The summed E-state index contributed by atoms with van der Waals surface area (Å²) in [6.07, 6.45) is 0.721. The fourth-order valence-corrected chi connectivity index (χ4v) is 3.76. The highest BCUT2D eigenvalue weighted by molar-refractivity contribution is 7.17. The molecule has 9 heteroatoms. The van der Waals surface area contributed by atoms with E-state index in [1.54, 1.807) is 0 Å². The number of nitro groups is 1. The number of carbonyl (C=O) groups is 3. The van der Waals surface area contributed by atoms with E-state index in [1.807, 2.05) is 0 Å². The van der Waals surface area contributed by atoms with Crippen LogP contribution in [0.1, 0.15) is 39.1 Å². The molecule has 2 aromatic rings. The highest BCUT2D eigenvalue weighted by Gasteiger charge is 2.36. The van der Waals surface area contributed by atoms with Crippen molar-refractivity contribution >= 4 is 39.6 Å². The molecule has 1 amide bonds. The van der Waals surface area contributed by atoms with E-state index in [-0.39, 0.29) is 29.4 Å². The number of amides is 1. The first-order valence-corrected chi connectivity index (χ1v) is 8.28. The first-order valence-electron chi connectivity index (χ1n) is 7.47. The van der Waals surface area contributed by atoms with Gasteiger partial charge in [0, 0.05) is 24.6 Å². The van der Waals surface area contributed by atoms with Crippen LogP contribution in [0.5, 0.6) is 0 Å². The minimum absolute atomic E-state index is 0.141. The number of non-ortho nitro benzene ring substituents is 1. The molecule has 1 aromatic carbocycles. The maximum Gasteiger partial charge on any atom is 0.270 e. The van der Waals surface area contributed by atoms with Gasteiger partial charge in [0.2, 0.25) is 5.91 Å². The van der Waals surface area contributed by atoms with Crippen molar-refractivity contribution in [3.05, 3.63) is 50.5 Å². The predicted octanol–water partition coefficient (Wildman–Crippen LogP) is 2.64. The number of hydrogen-bond donors (Lipinski definition) is 1. The summed E-state index contributed by atoms with van der Waals surface area (Å²) in [7, 11) is 0. The SMILES string of the molecule is CC(=O)Nc1nc2c(s1)C(=O)[C@@H](C(=O)c1cccc([N+](=O)[O-])c1)CC2. The number of nitrogens with zero attached hydrogens (tertiary/aromatic N) is 2. The summed E-state index contributed by atoms with van der Waals surface area (Å²) < 4.78 is 0. The van der Waals surface area contributed by atoms with Crippen molar-refractivity contribution in [2.45, 2.75) is 19.8 Å². The molecule has 0 radical (unpaired) electrons. The average molecular weight is 359 g/mol. The normalized spacial score (nSPS) is 16.2. The smallest absolute Gasteiger partial charge is 0.270 e. The molecule has 1 aliphatic carbocycles. The van der Waals surface area contributed by atoms with Gasteiger partial charge in [-0.3, -0.25) is 24.5 Å². The molecule has 3 rings (SSSR count). The maximum atomic E-state index is 12.7. The second kappa shape index (κ2) is 6.52. The Kier molecular flexibility index (Phi) is 4.41. The number of aryl methyl sites for hydroxylation is 1. The molecular formula is C16H13N3O5S. The number of thiazole rings is 1. The molecule has 1 atom stereocenters. The van der Waals surface area contributed by atoms with E-state index in [4.69, 9.17) is 0 Å². The Bertz CT molecular complexity index is 905. The Morgan fingerprint density at radius 1 is 1.40 bits per heavy atom. The standard InChI is InChI=1S/C16H13N3O5S/c1-8(20)17-16-18-12-6-5-11(14(22)15(12)25-16)13(21)9-3-2-4-10(7-9)19(23)24/h2-4,7,11H,5-6H2,1H3,(H,17,18,20)/t11-/m1/s1. The fraction of sp³-hybridized carbons (Fsp3) is 0.250. The Hall–Kier alpha value is -2.94. The van der Waals surface area contributed by atoms with Crippen LogP contribution in [0.2, 0.25) is 0 Å². The van der Waals surface area contributed by atoms with Crippen molar-refractivity contribution in [3.63, 3.8) is 0 Å². The van der Waals surface area contributed by atoms with Gasteiger partial charge in [0.15, 0.2) is 16.7 Å². The second-order valence-corrected chi connectivity index (χ2v) is 6.60. The number of anilines is 1. The molecule has 128 valence electrons. The van der Waals surface area contributed by atoms with Crippen LogP contribution in [0.25, 0.3) is 0 Å². The van der Waals surface area contributed by atoms with Crippen molar-refractivity contribution in [3.8, 4) is 0 Å². The van der Waals surface area contributed by atoms with Gasteiger partial charge in [-0.15, -0.1) is 0 Å². The molecule has 1 heterocycles. The summed E-state index contributed by atoms with van der Waals surface area (Å²) in [5, 5.41) is 13.7. The van der Waals surface area contributed by atoms with E-state index in [0.29, 0.717) is 22.1 Å². The molecule has 0 unspecified atom stereocenters. The molecule has 25 heavy (non-hydrogen) atoms. The molecular weight excluding hydrogens is 346 g/mol. The van der Waals surface area contributed by atoms with Crippen molar-refractivity contribution in [2.75, 3.05) is 5.32 Å². The minimum atomic E-state index is -0.889. The number of nitro benzene ring substituents is 1. The third kappa shape index (κ3) is 3.31. The zero-order chi connectivity index (χ0) is 18.1. The predicted molar refractivity (Wildman–Crippen MR) is 90.0 cm³/mol. The number of rotatable bonds is 4. The lowest BCUT2D eigenvalue weighted by Gasteiger charge is -2.18.